The maximum Gasteiger partial charge on any atom is 0.0639 e. The molecule has 1 heteroatoms. The minimum Gasteiger partial charge on any atom is -0.392 e. The molecule has 2 rings (SSSR count). The zero-order chi connectivity index (χ0) is 15.2. The number of rotatable bonds is 6. The molecule has 1 aliphatic carbocycles. The summed E-state index contributed by atoms with van der Waals surface area (Å²) in [5, 5.41) is 11.0. The molecule has 3 unspecified atom stereocenters. The van der Waals surface area contributed by atoms with Crippen LogP contribution in [0, 0.1) is 17.8 Å². The monoisotopic (exact) mass is 288 g/mol. The third-order valence-electron chi connectivity index (χ3n) is 5.76. The Morgan fingerprint density at radius 2 is 1.67 bits per heavy atom. The first-order valence-electron chi connectivity index (χ1n) is 8.90. The van der Waals surface area contributed by atoms with Crippen molar-refractivity contribution in [1.29, 1.82) is 0 Å². The van der Waals surface area contributed by atoms with Gasteiger partial charge in [-0.05, 0) is 36.2 Å². The van der Waals surface area contributed by atoms with E-state index in [1.54, 1.807) is 0 Å². The maximum atomic E-state index is 11.0. The first-order valence-corrected chi connectivity index (χ1v) is 8.90. The van der Waals surface area contributed by atoms with Gasteiger partial charge in [0.15, 0.2) is 0 Å². The van der Waals surface area contributed by atoms with Crippen molar-refractivity contribution in [3.05, 3.63) is 35.9 Å². The Balaban J connectivity index is 2.10. The summed E-state index contributed by atoms with van der Waals surface area (Å²) >= 11 is 0. The fourth-order valence-electron chi connectivity index (χ4n) is 4.02. The highest BCUT2D eigenvalue weighted by Crippen LogP contribution is 2.40. The second-order valence-corrected chi connectivity index (χ2v) is 7.00. The Labute approximate surface area is 130 Å². The summed E-state index contributed by atoms with van der Waals surface area (Å²) in [6.07, 6.45) is 7.27. The van der Waals surface area contributed by atoms with Crippen LogP contribution in [0.2, 0.25) is 0 Å². The van der Waals surface area contributed by atoms with Crippen molar-refractivity contribution < 1.29 is 5.11 Å². The predicted molar refractivity (Wildman–Crippen MR) is 90.4 cm³/mol. The van der Waals surface area contributed by atoms with Crippen LogP contribution in [0.4, 0.5) is 0 Å². The van der Waals surface area contributed by atoms with Crippen LogP contribution >= 0.6 is 0 Å². The zero-order valence-electron chi connectivity index (χ0n) is 14.0. The molecule has 1 N–H and O–H groups in total. The Hall–Kier alpha value is -0.820. The fraction of sp³-hybridized carbons (Fsp3) is 0.700. The van der Waals surface area contributed by atoms with Crippen LogP contribution in [0.1, 0.15) is 70.8 Å². The molecule has 118 valence electrons. The van der Waals surface area contributed by atoms with Crippen LogP contribution < -0.4 is 0 Å². The summed E-state index contributed by atoms with van der Waals surface area (Å²) in [5.74, 6) is 2.21. The van der Waals surface area contributed by atoms with Crippen molar-refractivity contribution in [3.8, 4) is 0 Å². The molecule has 0 radical (unpaired) electrons. The van der Waals surface area contributed by atoms with Gasteiger partial charge >= 0.3 is 0 Å². The molecule has 0 bridgehead atoms. The molecule has 1 aromatic rings. The van der Waals surface area contributed by atoms with Crippen molar-refractivity contribution in [1.82, 2.24) is 0 Å². The van der Waals surface area contributed by atoms with E-state index in [1.807, 2.05) is 0 Å². The molecule has 1 aromatic carbocycles. The first-order chi connectivity index (χ1) is 10.2. The maximum absolute atomic E-state index is 11.0. The third-order valence-corrected chi connectivity index (χ3v) is 5.76. The minimum atomic E-state index is -0.180. The van der Waals surface area contributed by atoms with Crippen LogP contribution in [-0.4, -0.2) is 11.2 Å². The smallest absolute Gasteiger partial charge is 0.0639 e. The molecule has 0 amide bonds. The average molecular weight is 288 g/mol. The minimum absolute atomic E-state index is 0.180. The molecule has 1 aliphatic rings. The second kappa shape index (κ2) is 7.98. The summed E-state index contributed by atoms with van der Waals surface area (Å²) in [4.78, 5) is 0. The van der Waals surface area contributed by atoms with Crippen molar-refractivity contribution >= 4 is 0 Å². The van der Waals surface area contributed by atoms with Gasteiger partial charge in [0.2, 0.25) is 0 Å². The SMILES string of the molecule is CCC1CCC(C(O)C(c2ccccc2)C(C)CC)CC1. The van der Waals surface area contributed by atoms with Crippen molar-refractivity contribution in [2.75, 3.05) is 0 Å². The molecule has 1 nitrogen and oxygen atoms in total. The van der Waals surface area contributed by atoms with E-state index >= 15 is 0 Å². The van der Waals surface area contributed by atoms with Gasteiger partial charge in [0.05, 0.1) is 6.10 Å². The van der Waals surface area contributed by atoms with Crippen LogP contribution in [0.3, 0.4) is 0 Å². The fourth-order valence-corrected chi connectivity index (χ4v) is 4.02. The van der Waals surface area contributed by atoms with E-state index in [9.17, 15) is 5.11 Å². The topological polar surface area (TPSA) is 20.2 Å². The molecule has 1 saturated carbocycles. The van der Waals surface area contributed by atoms with Crippen molar-refractivity contribution in [2.24, 2.45) is 17.8 Å². The molecular weight excluding hydrogens is 256 g/mol. The predicted octanol–water partition coefficient (Wildman–Crippen LogP) is 5.39. The quantitative estimate of drug-likeness (QED) is 0.743. The highest BCUT2D eigenvalue weighted by atomic mass is 16.3. The van der Waals surface area contributed by atoms with Gasteiger partial charge in [-0.15, -0.1) is 0 Å². The van der Waals surface area contributed by atoms with Crippen molar-refractivity contribution in [3.63, 3.8) is 0 Å². The molecule has 0 spiro atoms. The lowest BCUT2D eigenvalue weighted by atomic mass is 9.71. The van der Waals surface area contributed by atoms with Crippen molar-refractivity contribution in [2.45, 2.75) is 71.3 Å². The number of hydrogen-bond donors (Lipinski definition) is 1. The van der Waals surface area contributed by atoms with E-state index in [1.165, 1.54) is 37.7 Å². The largest absolute Gasteiger partial charge is 0.392 e. The lowest BCUT2D eigenvalue weighted by Crippen LogP contribution is -2.34. The van der Waals surface area contributed by atoms with E-state index in [0.717, 1.165) is 12.3 Å². The second-order valence-electron chi connectivity index (χ2n) is 7.00. The van der Waals surface area contributed by atoms with Crippen LogP contribution in [0.5, 0.6) is 0 Å². The lowest BCUT2D eigenvalue weighted by molar-refractivity contribution is 0.0350. The highest BCUT2D eigenvalue weighted by Gasteiger charge is 2.34. The molecule has 0 saturated heterocycles. The number of hydrogen-bond acceptors (Lipinski definition) is 1. The molecule has 3 atom stereocenters. The molecule has 21 heavy (non-hydrogen) atoms. The Bertz CT molecular complexity index is 392. The van der Waals surface area contributed by atoms with Gasteiger partial charge in [-0.3, -0.25) is 0 Å². The van der Waals surface area contributed by atoms with E-state index in [4.69, 9.17) is 0 Å². The molecule has 0 aromatic heterocycles. The number of aliphatic hydroxyl groups is 1. The Morgan fingerprint density at radius 1 is 1.05 bits per heavy atom. The van der Waals surface area contributed by atoms with Crippen LogP contribution in [0.25, 0.3) is 0 Å². The van der Waals surface area contributed by atoms with E-state index in [2.05, 4.69) is 51.1 Å². The molecular formula is C20H32O. The van der Waals surface area contributed by atoms with E-state index in [-0.39, 0.29) is 6.10 Å². The number of aliphatic hydroxyl groups excluding tert-OH is 1. The molecule has 0 aliphatic heterocycles. The summed E-state index contributed by atoms with van der Waals surface area (Å²) in [6.45, 7) is 6.83. The summed E-state index contributed by atoms with van der Waals surface area (Å²) in [5.41, 5.74) is 1.32. The Kier molecular flexibility index (Phi) is 6.29. The normalized spacial score (nSPS) is 27.0. The van der Waals surface area contributed by atoms with Gasteiger partial charge in [-0.25, -0.2) is 0 Å². The lowest BCUT2D eigenvalue weighted by Gasteiger charge is -2.37. The molecule has 1 fully saturated rings. The van der Waals surface area contributed by atoms with E-state index in [0.29, 0.717) is 17.8 Å². The molecule has 0 heterocycles. The summed E-state index contributed by atoms with van der Waals surface area (Å²) in [7, 11) is 0. The highest BCUT2D eigenvalue weighted by molar-refractivity contribution is 5.22. The van der Waals surface area contributed by atoms with Gasteiger partial charge < -0.3 is 5.11 Å². The van der Waals surface area contributed by atoms with Gasteiger partial charge in [-0.2, -0.15) is 0 Å². The third kappa shape index (κ3) is 4.10. The standard InChI is InChI=1S/C20H32O/c1-4-15(3)19(17-9-7-6-8-10-17)20(21)18-13-11-16(5-2)12-14-18/h6-10,15-16,18-21H,4-5,11-14H2,1-3H3. The summed E-state index contributed by atoms with van der Waals surface area (Å²) in [6, 6.07) is 10.7. The first kappa shape index (κ1) is 16.5. The summed E-state index contributed by atoms with van der Waals surface area (Å²) < 4.78 is 0. The Morgan fingerprint density at radius 3 is 2.19 bits per heavy atom. The zero-order valence-corrected chi connectivity index (χ0v) is 14.0. The van der Waals surface area contributed by atoms with Gasteiger partial charge in [-0.1, -0.05) is 76.8 Å². The average Bonchev–Trinajstić information content (AvgIpc) is 2.55. The number of benzene rings is 1. The van der Waals surface area contributed by atoms with Gasteiger partial charge in [0.25, 0.3) is 0 Å². The van der Waals surface area contributed by atoms with Gasteiger partial charge in [0, 0.05) is 5.92 Å². The van der Waals surface area contributed by atoms with Crippen LogP contribution in [-0.2, 0) is 0 Å². The van der Waals surface area contributed by atoms with Gasteiger partial charge in [0.1, 0.15) is 0 Å². The van der Waals surface area contributed by atoms with Crippen LogP contribution in [0.15, 0.2) is 30.3 Å². The van der Waals surface area contributed by atoms with E-state index < -0.39 is 0 Å².